The van der Waals surface area contributed by atoms with Crippen LogP contribution in [-0.2, 0) is 9.59 Å². The number of hydrogen-bond donors (Lipinski definition) is 3. The van der Waals surface area contributed by atoms with E-state index in [1.165, 1.54) is 35.9 Å². The van der Waals surface area contributed by atoms with Crippen LogP contribution in [0.25, 0.3) is 6.08 Å². The van der Waals surface area contributed by atoms with Gasteiger partial charge in [0.1, 0.15) is 16.7 Å². The highest BCUT2D eigenvalue weighted by Crippen LogP contribution is 2.37. The van der Waals surface area contributed by atoms with E-state index in [0.717, 1.165) is 27.7 Å². The van der Waals surface area contributed by atoms with E-state index < -0.39 is 17.1 Å². The maximum absolute atomic E-state index is 13.4. The predicted molar refractivity (Wildman–Crippen MR) is 176 cm³/mol. The average molecular weight is 642 g/mol. The van der Waals surface area contributed by atoms with Gasteiger partial charge < -0.3 is 15.1 Å². The minimum Gasteiger partial charge on any atom is -0.465 e. The van der Waals surface area contributed by atoms with E-state index in [4.69, 9.17) is 4.42 Å². The first-order chi connectivity index (χ1) is 21.5. The van der Waals surface area contributed by atoms with Gasteiger partial charge in [0.25, 0.3) is 11.8 Å². The van der Waals surface area contributed by atoms with E-state index in [1.54, 1.807) is 54.6 Å². The molecule has 2 heterocycles. The van der Waals surface area contributed by atoms with Crippen LogP contribution in [0.4, 0.5) is 10.8 Å². The molecule has 0 bridgehead atoms. The van der Waals surface area contributed by atoms with Crippen molar-refractivity contribution in [3.05, 3.63) is 126 Å². The quantitative estimate of drug-likeness (QED) is 0.0971. The van der Waals surface area contributed by atoms with E-state index in [1.807, 2.05) is 49.4 Å². The number of carbonyl (C=O) groups excluding carboxylic acids is 3. The zero-order chi connectivity index (χ0) is 30.7. The van der Waals surface area contributed by atoms with Gasteiger partial charge in [0.2, 0.25) is 16.2 Å². The highest BCUT2D eigenvalue weighted by atomic mass is 32.2. The summed E-state index contributed by atoms with van der Waals surface area (Å²) in [5.74, 6) is 0.0844. The fourth-order valence-corrected chi connectivity index (χ4v) is 6.23. The number of benzene rings is 3. The number of amides is 3. The van der Waals surface area contributed by atoms with Crippen molar-refractivity contribution >= 4 is 69.7 Å². The van der Waals surface area contributed by atoms with Crippen LogP contribution in [-0.4, -0.2) is 32.8 Å². The summed E-state index contributed by atoms with van der Waals surface area (Å²) in [4.78, 5) is 44.6. The van der Waals surface area contributed by atoms with E-state index in [-0.39, 0.29) is 11.6 Å². The summed E-state index contributed by atoms with van der Waals surface area (Å²) in [7, 11) is 0. The Morgan fingerprint density at radius 3 is 2.32 bits per heavy atom. The van der Waals surface area contributed by atoms with Crippen LogP contribution in [0.3, 0.4) is 0 Å². The third-order valence-electron chi connectivity index (χ3n) is 5.98. The molecule has 5 aromatic rings. The molecule has 1 atom stereocenters. The van der Waals surface area contributed by atoms with E-state index in [0.29, 0.717) is 27.3 Å². The molecule has 44 heavy (non-hydrogen) atoms. The number of hydrogen-bond acceptors (Lipinski definition) is 9. The SMILES string of the molecule is CCSc1nsc(NC(=O)C(Sc2ccc(NC(=O)/C(=C/c3ccco3)NC(=O)c3ccccc3)cc2)c2ccccc2)n1. The van der Waals surface area contributed by atoms with Gasteiger partial charge in [0.05, 0.1) is 6.26 Å². The van der Waals surface area contributed by atoms with Crippen LogP contribution in [0.1, 0.15) is 33.9 Å². The summed E-state index contributed by atoms with van der Waals surface area (Å²) < 4.78 is 9.64. The van der Waals surface area contributed by atoms with Gasteiger partial charge in [-0.2, -0.15) is 9.36 Å². The van der Waals surface area contributed by atoms with Gasteiger partial charge in [-0.25, -0.2) is 0 Å². The number of nitrogens with one attached hydrogen (secondary N) is 3. The topological polar surface area (TPSA) is 126 Å². The highest BCUT2D eigenvalue weighted by molar-refractivity contribution is 8.00. The molecule has 9 nitrogen and oxygen atoms in total. The largest absolute Gasteiger partial charge is 0.465 e. The molecule has 3 aromatic carbocycles. The van der Waals surface area contributed by atoms with Crippen molar-refractivity contribution in [3.63, 3.8) is 0 Å². The number of carbonyl (C=O) groups is 3. The Kier molecular flexibility index (Phi) is 10.6. The number of rotatable bonds is 12. The van der Waals surface area contributed by atoms with Gasteiger partial charge >= 0.3 is 0 Å². The molecule has 0 saturated heterocycles. The van der Waals surface area contributed by atoms with Crippen LogP contribution < -0.4 is 16.0 Å². The van der Waals surface area contributed by atoms with Crippen LogP contribution in [0, 0.1) is 0 Å². The first-order valence-corrected chi connectivity index (χ1v) is 16.1. The molecule has 0 saturated carbocycles. The van der Waals surface area contributed by atoms with E-state index in [2.05, 4.69) is 25.3 Å². The molecular weight excluding hydrogens is 615 g/mol. The first kappa shape index (κ1) is 30.8. The lowest BCUT2D eigenvalue weighted by Crippen LogP contribution is -2.30. The Morgan fingerprint density at radius 1 is 0.909 bits per heavy atom. The summed E-state index contributed by atoms with van der Waals surface area (Å²) in [5.41, 5.74) is 1.77. The molecule has 0 radical (unpaired) electrons. The zero-order valence-electron chi connectivity index (χ0n) is 23.4. The highest BCUT2D eigenvalue weighted by Gasteiger charge is 2.24. The second-order valence-corrected chi connectivity index (χ2v) is 12.2. The Bertz CT molecular complexity index is 1720. The minimum atomic E-state index is -0.557. The van der Waals surface area contributed by atoms with Crippen molar-refractivity contribution in [2.24, 2.45) is 0 Å². The Morgan fingerprint density at radius 2 is 1.64 bits per heavy atom. The molecule has 1 unspecified atom stereocenters. The molecule has 0 spiro atoms. The molecular formula is C32H27N5O4S3. The van der Waals surface area contributed by atoms with Crippen molar-refractivity contribution in [3.8, 4) is 0 Å². The number of anilines is 2. The van der Waals surface area contributed by atoms with Crippen molar-refractivity contribution in [1.29, 1.82) is 0 Å². The Hall–Kier alpha value is -4.65. The summed E-state index contributed by atoms with van der Waals surface area (Å²) >= 11 is 4.04. The molecule has 0 aliphatic heterocycles. The molecule has 3 N–H and O–H groups in total. The zero-order valence-corrected chi connectivity index (χ0v) is 25.9. The van der Waals surface area contributed by atoms with Gasteiger partial charge in [0, 0.05) is 33.8 Å². The fourth-order valence-electron chi connectivity index (χ4n) is 3.93. The Balaban J connectivity index is 1.29. The second kappa shape index (κ2) is 15.2. The van der Waals surface area contributed by atoms with Crippen LogP contribution in [0.15, 0.2) is 123 Å². The fraction of sp³-hybridized carbons (Fsp3) is 0.0938. The van der Waals surface area contributed by atoms with Gasteiger partial charge in [-0.3, -0.25) is 19.7 Å². The molecule has 0 aliphatic rings. The van der Waals surface area contributed by atoms with Gasteiger partial charge in [0.15, 0.2) is 0 Å². The van der Waals surface area contributed by atoms with Crippen LogP contribution >= 0.6 is 35.1 Å². The monoisotopic (exact) mass is 641 g/mol. The third-order valence-corrected chi connectivity index (χ3v) is 8.72. The normalized spacial score (nSPS) is 11.9. The molecule has 0 fully saturated rings. The van der Waals surface area contributed by atoms with Gasteiger partial charge in [-0.05, 0) is 59.8 Å². The van der Waals surface area contributed by atoms with Crippen molar-refractivity contribution < 1.29 is 18.8 Å². The smallest absolute Gasteiger partial charge is 0.272 e. The van der Waals surface area contributed by atoms with Crippen molar-refractivity contribution in [1.82, 2.24) is 14.7 Å². The number of aromatic nitrogens is 2. The number of nitrogens with zero attached hydrogens (tertiary/aromatic N) is 2. The molecule has 0 aliphatic carbocycles. The molecule has 3 amide bonds. The Labute approximate surface area is 266 Å². The molecule has 12 heteroatoms. The van der Waals surface area contributed by atoms with Gasteiger partial charge in [-0.15, -0.1) is 11.8 Å². The lowest BCUT2D eigenvalue weighted by molar-refractivity contribution is -0.116. The molecule has 222 valence electrons. The third kappa shape index (κ3) is 8.47. The summed E-state index contributed by atoms with van der Waals surface area (Å²) in [6.45, 7) is 2.02. The van der Waals surface area contributed by atoms with E-state index in [9.17, 15) is 14.4 Å². The molecule has 2 aromatic heterocycles. The number of furan rings is 1. The summed E-state index contributed by atoms with van der Waals surface area (Å²) in [6, 6.07) is 28.6. The first-order valence-electron chi connectivity index (χ1n) is 13.5. The van der Waals surface area contributed by atoms with Gasteiger partial charge in [-0.1, -0.05) is 67.2 Å². The number of thioether (sulfide) groups is 2. The predicted octanol–water partition coefficient (Wildman–Crippen LogP) is 7.12. The summed E-state index contributed by atoms with van der Waals surface area (Å²) in [6.07, 6.45) is 2.95. The van der Waals surface area contributed by atoms with Crippen LogP contribution in [0.5, 0.6) is 0 Å². The van der Waals surface area contributed by atoms with Crippen molar-refractivity contribution in [2.75, 3.05) is 16.4 Å². The van der Waals surface area contributed by atoms with Crippen LogP contribution in [0.2, 0.25) is 0 Å². The van der Waals surface area contributed by atoms with Crippen molar-refractivity contribution in [2.45, 2.75) is 22.2 Å². The maximum Gasteiger partial charge on any atom is 0.272 e. The summed E-state index contributed by atoms with van der Waals surface area (Å²) in [5, 5.41) is 8.93. The van der Waals surface area contributed by atoms with E-state index >= 15 is 0 Å². The maximum atomic E-state index is 13.4. The second-order valence-electron chi connectivity index (χ2n) is 9.09. The lowest BCUT2D eigenvalue weighted by Gasteiger charge is -2.16. The average Bonchev–Trinajstić information content (AvgIpc) is 3.73. The molecule has 5 rings (SSSR count). The lowest BCUT2D eigenvalue weighted by atomic mass is 10.1. The minimum absolute atomic E-state index is 0.0187. The standard InChI is InChI=1S/C32H27N5O4S3/c1-2-42-32-36-31(44-37-32)35-30(40)27(21-10-5-3-6-11-21)43-25-17-15-23(16-18-25)33-29(39)26(20-24-14-9-19-41-24)34-28(38)22-12-7-4-8-13-22/h3-20,27H,2H2,1H3,(H,33,39)(H,34,38)(H,35,36,37,40)/b26-20-.